The van der Waals surface area contributed by atoms with E-state index in [0.717, 1.165) is 10.8 Å². The van der Waals surface area contributed by atoms with E-state index in [1.165, 1.54) is 0 Å². The van der Waals surface area contributed by atoms with E-state index in [-0.39, 0.29) is 19.0 Å². The summed E-state index contributed by atoms with van der Waals surface area (Å²) in [6.45, 7) is 9.92. The van der Waals surface area contributed by atoms with E-state index >= 15 is 0 Å². The molecule has 0 spiro atoms. The average molecular weight is 574 g/mol. The quantitative estimate of drug-likeness (QED) is 0.126. The van der Waals surface area contributed by atoms with Gasteiger partial charge in [-0.1, -0.05) is 24.3 Å². The number of esters is 1. The van der Waals surface area contributed by atoms with Gasteiger partial charge in [0.05, 0.1) is 32.3 Å². The van der Waals surface area contributed by atoms with Crippen molar-refractivity contribution >= 4 is 33.9 Å². The molecule has 0 fully saturated rings. The number of aromatic nitrogens is 1. The largest absolute Gasteiger partial charge is 0.497 e. The summed E-state index contributed by atoms with van der Waals surface area (Å²) in [5.74, 6) is 2.78. The summed E-state index contributed by atoms with van der Waals surface area (Å²) >= 11 is 0. The number of rotatable bonds is 13. The molecule has 3 N–H and O–H groups in total. The number of hydrogen-bond donors (Lipinski definition) is 2. The fraction of sp³-hybridized carbons (Fsp3) is 0.333. The molecule has 0 atom stereocenters. The second-order valence-electron chi connectivity index (χ2n) is 11.1. The van der Waals surface area contributed by atoms with Gasteiger partial charge in [0, 0.05) is 52.6 Å². The third-order valence-corrected chi connectivity index (χ3v) is 6.35. The Morgan fingerprint density at radius 2 is 1.64 bits per heavy atom. The third-order valence-electron chi connectivity index (χ3n) is 6.35. The number of fused-ring (bicyclic) bond motifs is 1. The fourth-order valence-electron chi connectivity index (χ4n) is 4.35. The average Bonchev–Trinajstić information content (AvgIpc) is 2.93. The van der Waals surface area contributed by atoms with Crippen molar-refractivity contribution in [2.24, 2.45) is 0 Å². The van der Waals surface area contributed by atoms with Crippen molar-refractivity contribution in [1.29, 1.82) is 0 Å². The first-order valence-electron chi connectivity index (χ1n) is 13.8. The zero-order valence-electron chi connectivity index (χ0n) is 25.0. The van der Waals surface area contributed by atoms with Gasteiger partial charge in [0.2, 0.25) is 0 Å². The first-order chi connectivity index (χ1) is 20.0. The summed E-state index contributed by atoms with van der Waals surface area (Å²) in [6.07, 6.45) is 1.82. The molecule has 0 aliphatic rings. The maximum atomic E-state index is 11.9. The lowest BCUT2D eigenvalue weighted by Gasteiger charge is -2.32. The molecule has 0 unspecified atom stereocenters. The van der Waals surface area contributed by atoms with Crippen LogP contribution in [0.25, 0.3) is 10.8 Å². The van der Waals surface area contributed by atoms with Crippen molar-refractivity contribution in [2.45, 2.75) is 52.2 Å². The van der Waals surface area contributed by atoms with Gasteiger partial charge in [-0.15, -0.1) is 0 Å². The van der Waals surface area contributed by atoms with Gasteiger partial charge in [0.25, 0.3) is 0 Å². The summed E-state index contributed by atoms with van der Waals surface area (Å²) in [5.41, 5.74) is 6.15. The summed E-state index contributed by atoms with van der Waals surface area (Å²) < 4.78 is 29.2. The molecule has 222 valence electrons. The third kappa shape index (κ3) is 8.27. The number of carbonyl (C=O) groups excluding carboxylic acids is 1. The normalized spacial score (nSPS) is 11.7. The molecule has 0 amide bonds. The molecule has 4 rings (SSSR count). The van der Waals surface area contributed by atoms with Crippen LogP contribution in [-0.4, -0.2) is 42.5 Å². The Morgan fingerprint density at radius 1 is 0.905 bits per heavy atom. The van der Waals surface area contributed by atoms with Crippen molar-refractivity contribution in [3.8, 4) is 23.0 Å². The Balaban J connectivity index is 1.47. The van der Waals surface area contributed by atoms with Crippen LogP contribution in [0, 0.1) is 0 Å². The molecule has 0 saturated heterocycles. The number of nitrogens with two attached hydrogens (primary N) is 1. The molecule has 3 aromatic carbocycles. The Bertz CT molecular complexity index is 1540. The van der Waals surface area contributed by atoms with Crippen LogP contribution < -0.4 is 25.3 Å². The van der Waals surface area contributed by atoms with Crippen molar-refractivity contribution in [1.82, 2.24) is 4.98 Å². The van der Waals surface area contributed by atoms with Crippen LogP contribution in [0.2, 0.25) is 0 Å². The van der Waals surface area contributed by atoms with E-state index in [1.807, 2.05) is 82.3 Å². The number of ether oxygens (including phenoxy) is 5. The SMILES string of the molecule is CCOC(=O)CC(C)(C)OCC(C)(C)Oc1cc(Nc2cc(Oc3ccc(N)c4ccccc34)ccn2)cc(OC)c1. The summed E-state index contributed by atoms with van der Waals surface area (Å²) in [4.78, 5) is 16.4. The number of benzene rings is 3. The molecule has 1 heterocycles. The van der Waals surface area contributed by atoms with Crippen molar-refractivity contribution < 1.29 is 28.5 Å². The minimum Gasteiger partial charge on any atom is -0.497 e. The number of anilines is 3. The standard InChI is InChI=1S/C33H39N3O6/c1-7-39-31(37)20-32(2,3)40-21-33(4,5)42-25-17-22(16-24(18-25)38-6)36-30-19-23(14-15-35-30)41-29-13-12-28(34)26-10-8-9-11-27(26)29/h8-19H,7,20-21,34H2,1-6H3,(H,35,36). The van der Waals surface area contributed by atoms with Gasteiger partial charge >= 0.3 is 5.97 Å². The van der Waals surface area contributed by atoms with Crippen molar-refractivity contribution in [2.75, 3.05) is 31.4 Å². The first-order valence-corrected chi connectivity index (χ1v) is 13.8. The monoisotopic (exact) mass is 573 g/mol. The number of carbonyl (C=O) groups is 1. The molecular weight excluding hydrogens is 534 g/mol. The van der Waals surface area contributed by atoms with E-state index < -0.39 is 11.2 Å². The molecule has 0 bridgehead atoms. The van der Waals surface area contributed by atoms with Crippen molar-refractivity contribution in [3.63, 3.8) is 0 Å². The van der Waals surface area contributed by atoms with E-state index in [0.29, 0.717) is 46.8 Å². The minimum absolute atomic E-state index is 0.147. The second-order valence-corrected chi connectivity index (χ2v) is 11.1. The topological polar surface area (TPSA) is 114 Å². The lowest BCUT2D eigenvalue weighted by atomic mass is 10.0. The summed E-state index contributed by atoms with van der Waals surface area (Å²) in [7, 11) is 1.60. The highest BCUT2D eigenvalue weighted by Gasteiger charge is 2.29. The number of hydrogen-bond acceptors (Lipinski definition) is 9. The van der Waals surface area contributed by atoms with Gasteiger partial charge in [-0.3, -0.25) is 4.79 Å². The van der Waals surface area contributed by atoms with E-state index in [1.54, 1.807) is 32.4 Å². The Kier molecular flexibility index (Phi) is 9.42. The number of nitrogens with zero attached hydrogens (tertiary/aromatic N) is 1. The maximum Gasteiger partial charge on any atom is 0.308 e. The zero-order valence-corrected chi connectivity index (χ0v) is 25.0. The van der Waals surface area contributed by atoms with E-state index in [2.05, 4.69) is 10.3 Å². The lowest BCUT2D eigenvalue weighted by molar-refractivity contribution is -0.152. The highest BCUT2D eigenvalue weighted by Crippen LogP contribution is 2.35. The second kappa shape index (κ2) is 13.0. The fourth-order valence-corrected chi connectivity index (χ4v) is 4.35. The minimum atomic E-state index is -0.705. The molecule has 1 aromatic heterocycles. The number of pyridine rings is 1. The highest BCUT2D eigenvalue weighted by atomic mass is 16.6. The zero-order chi connectivity index (χ0) is 30.3. The molecule has 0 saturated carbocycles. The van der Waals surface area contributed by atoms with Gasteiger partial charge in [-0.2, -0.15) is 0 Å². The van der Waals surface area contributed by atoms with Crippen LogP contribution in [0.1, 0.15) is 41.0 Å². The molecule has 9 heteroatoms. The Labute approximate surface area is 246 Å². The van der Waals surface area contributed by atoms with Crippen LogP contribution in [0.4, 0.5) is 17.2 Å². The van der Waals surface area contributed by atoms with Crippen LogP contribution in [0.15, 0.2) is 72.9 Å². The Morgan fingerprint density at radius 3 is 2.38 bits per heavy atom. The van der Waals surface area contributed by atoms with Gasteiger partial charge in [-0.25, -0.2) is 4.98 Å². The lowest BCUT2D eigenvalue weighted by Crippen LogP contribution is -2.40. The molecule has 0 aliphatic heterocycles. The Hall–Kier alpha value is -4.50. The summed E-state index contributed by atoms with van der Waals surface area (Å²) in [6, 6.07) is 20.7. The molecular formula is C33H39N3O6. The maximum absolute atomic E-state index is 11.9. The van der Waals surface area contributed by atoms with Crippen LogP contribution >= 0.6 is 0 Å². The molecule has 42 heavy (non-hydrogen) atoms. The van der Waals surface area contributed by atoms with E-state index in [4.69, 9.17) is 29.4 Å². The van der Waals surface area contributed by atoms with Gasteiger partial charge in [0.15, 0.2) is 0 Å². The van der Waals surface area contributed by atoms with Crippen molar-refractivity contribution in [3.05, 3.63) is 72.9 Å². The van der Waals surface area contributed by atoms with E-state index in [9.17, 15) is 4.79 Å². The van der Waals surface area contributed by atoms with Crippen LogP contribution in [-0.2, 0) is 14.3 Å². The van der Waals surface area contributed by atoms with Gasteiger partial charge in [-0.05, 0) is 52.8 Å². The van der Waals surface area contributed by atoms with Crippen LogP contribution in [0.5, 0.6) is 23.0 Å². The molecule has 0 aliphatic carbocycles. The molecule has 9 nitrogen and oxygen atoms in total. The number of nitrogens with one attached hydrogen (secondary N) is 1. The predicted molar refractivity (Wildman–Crippen MR) is 165 cm³/mol. The van der Waals surface area contributed by atoms with Crippen LogP contribution in [0.3, 0.4) is 0 Å². The highest BCUT2D eigenvalue weighted by molar-refractivity contribution is 5.97. The number of methoxy groups -OCH3 is 1. The van der Waals surface area contributed by atoms with Gasteiger partial charge in [0.1, 0.15) is 34.4 Å². The predicted octanol–water partition coefficient (Wildman–Crippen LogP) is 7.27. The summed E-state index contributed by atoms with van der Waals surface area (Å²) in [5, 5.41) is 5.17. The smallest absolute Gasteiger partial charge is 0.308 e. The number of nitrogen functional groups attached to an aromatic ring is 1. The first kappa shape index (κ1) is 30.5. The molecule has 0 radical (unpaired) electrons. The molecule has 4 aromatic rings. The van der Waals surface area contributed by atoms with Gasteiger partial charge < -0.3 is 34.7 Å².